The molecule has 0 unspecified atom stereocenters. The Hall–Kier alpha value is -2.78. The molecule has 1 heterocycles. The van der Waals surface area contributed by atoms with Crippen LogP contribution in [0, 0.1) is 0 Å². The summed E-state index contributed by atoms with van der Waals surface area (Å²) in [6.07, 6.45) is -0.713. The van der Waals surface area contributed by atoms with Crippen LogP contribution in [-0.4, -0.2) is 44.2 Å². The van der Waals surface area contributed by atoms with Crippen molar-refractivity contribution in [1.82, 2.24) is 5.32 Å². The molecule has 4 rings (SSSR count). The molecule has 1 saturated carbocycles. The van der Waals surface area contributed by atoms with Crippen LogP contribution in [0.5, 0.6) is 11.5 Å². The van der Waals surface area contributed by atoms with Gasteiger partial charge in [-0.05, 0) is 50.6 Å². The largest absolute Gasteiger partial charge is 0.454 e. The molecule has 0 saturated heterocycles. The summed E-state index contributed by atoms with van der Waals surface area (Å²) in [4.78, 5) is 12.8. The Bertz CT molecular complexity index is 1100. The summed E-state index contributed by atoms with van der Waals surface area (Å²) in [6.45, 7) is 5.24. The zero-order chi connectivity index (χ0) is 22.4. The third kappa shape index (κ3) is 3.83. The van der Waals surface area contributed by atoms with Crippen molar-refractivity contribution >= 4 is 15.9 Å². The van der Waals surface area contributed by atoms with Gasteiger partial charge in [0.25, 0.3) is 0 Å². The van der Waals surface area contributed by atoms with Crippen LogP contribution < -0.4 is 20.5 Å². The molecule has 8 nitrogen and oxygen atoms in total. The quantitative estimate of drug-likeness (QED) is 0.725. The molecule has 1 aliphatic heterocycles. The molecule has 2 aromatic rings. The van der Waals surface area contributed by atoms with Gasteiger partial charge in [0.05, 0.1) is 10.4 Å². The summed E-state index contributed by atoms with van der Waals surface area (Å²) in [5, 5.41) is 1.82. The number of amides is 1. The average Bonchev–Trinajstić information content (AvgIpc) is 3.13. The second-order valence-corrected chi connectivity index (χ2v) is 10.8. The number of rotatable bonds is 5. The Morgan fingerprint density at radius 1 is 1.16 bits per heavy atom. The summed E-state index contributed by atoms with van der Waals surface area (Å²) in [7, 11) is -3.81. The van der Waals surface area contributed by atoms with Gasteiger partial charge >= 0.3 is 6.09 Å². The molecule has 1 fully saturated rings. The number of hydrogen-bond acceptors (Lipinski definition) is 7. The molecule has 9 heteroatoms. The lowest BCUT2D eigenvalue weighted by molar-refractivity contribution is 0.0497. The van der Waals surface area contributed by atoms with Crippen LogP contribution in [0.3, 0.4) is 0 Å². The zero-order valence-corrected chi connectivity index (χ0v) is 18.4. The second-order valence-electron chi connectivity index (χ2n) is 8.74. The van der Waals surface area contributed by atoms with Crippen LogP contribution in [-0.2, 0) is 14.6 Å². The number of nitrogens with two attached hydrogens (primary N) is 1. The van der Waals surface area contributed by atoms with Crippen molar-refractivity contribution in [2.45, 2.75) is 48.0 Å². The second kappa shape index (κ2) is 7.42. The first-order valence-electron chi connectivity index (χ1n) is 9.98. The molecule has 0 aromatic heterocycles. The fourth-order valence-corrected chi connectivity index (χ4v) is 6.50. The smallest absolute Gasteiger partial charge is 0.408 e. The van der Waals surface area contributed by atoms with Crippen molar-refractivity contribution in [1.29, 1.82) is 0 Å². The molecule has 3 N–H and O–H groups in total. The number of sulfone groups is 1. The number of carbonyl (C=O) groups is 1. The lowest BCUT2D eigenvalue weighted by Crippen LogP contribution is -2.49. The first-order chi connectivity index (χ1) is 14.6. The first-order valence-corrected chi connectivity index (χ1v) is 11.5. The van der Waals surface area contributed by atoms with E-state index in [0.717, 1.165) is 0 Å². The normalized spacial score (nSPS) is 24.5. The van der Waals surface area contributed by atoms with Gasteiger partial charge in [-0.25, -0.2) is 13.2 Å². The van der Waals surface area contributed by atoms with Crippen LogP contribution in [0.2, 0.25) is 0 Å². The van der Waals surface area contributed by atoms with Gasteiger partial charge in [0.15, 0.2) is 21.3 Å². The van der Waals surface area contributed by atoms with Gasteiger partial charge in [-0.15, -0.1) is 0 Å². The molecule has 1 amide bonds. The maximum atomic E-state index is 13.5. The standard InChI is InChI=1S/C22H26N2O6S/c1-21(2,3)30-20(25)24-22(12-23)18(14-9-10-16-17(11-14)29-13-28-16)19(22)31(26,27)15-7-5-4-6-8-15/h4-11,18-19H,12-13,23H2,1-3H3,(H,24,25)/t18-,19-,22+/m0/s1. The number of nitrogens with one attached hydrogen (secondary N) is 1. The van der Waals surface area contributed by atoms with E-state index < -0.39 is 38.2 Å². The van der Waals surface area contributed by atoms with Gasteiger partial charge < -0.3 is 25.3 Å². The van der Waals surface area contributed by atoms with Crippen LogP contribution in [0.15, 0.2) is 53.4 Å². The lowest BCUT2D eigenvalue weighted by Gasteiger charge is -2.24. The Balaban J connectivity index is 1.75. The zero-order valence-electron chi connectivity index (χ0n) is 17.6. The van der Waals surface area contributed by atoms with Gasteiger partial charge in [0.1, 0.15) is 10.9 Å². The third-order valence-electron chi connectivity index (χ3n) is 5.49. The van der Waals surface area contributed by atoms with Gasteiger partial charge in [-0.2, -0.15) is 0 Å². The van der Waals surface area contributed by atoms with E-state index in [1.54, 1.807) is 69.3 Å². The summed E-state index contributed by atoms with van der Waals surface area (Å²) in [5.74, 6) is 0.540. The molecule has 2 aliphatic rings. The molecule has 0 spiro atoms. The van der Waals surface area contributed by atoms with E-state index in [4.69, 9.17) is 19.9 Å². The highest BCUT2D eigenvalue weighted by molar-refractivity contribution is 7.92. The van der Waals surface area contributed by atoms with Crippen molar-refractivity contribution in [3.8, 4) is 11.5 Å². The minimum absolute atomic E-state index is 0.0813. The molecule has 0 radical (unpaired) electrons. The minimum atomic E-state index is -3.81. The first kappa shape index (κ1) is 21.5. The highest BCUT2D eigenvalue weighted by atomic mass is 32.2. The predicted octanol–water partition coefficient (Wildman–Crippen LogP) is 2.58. The highest BCUT2D eigenvalue weighted by Crippen LogP contribution is 2.57. The van der Waals surface area contributed by atoms with Crippen molar-refractivity contribution in [2.24, 2.45) is 5.73 Å². The molecule has 2 aromatic carbocycles. The summed E-state index contributed by atoms with van der Waals surface area (Å²) in [5.41, 5.74) is 4.83. The predicted molar refractivity (Wildman–Crippen MR) is 114 cm³/mol. The lowest BCUT2D eigenvalue weighted by atomic mass is 10.1. The fraction of sp³-hybridized carbons (Fsp3) is 0.409. The topological polar surface area (TPSA) is 117 Å². The third-order valence-corrected chi connectivity index (χ3v) is 7.78. The van der Waals surface area contributed by atoms with E-state index in [2.05, 4.69) is 5.32 Å². The van der Waals surface area contributed by atoms with E-state index in [-0.39, 0.29) is 18.2 Å². The Labute approximate surface area is 181 Å². The number of hydrogen-bond donors (Lipinski definition) is 2. The molecule has 166 valence electrons. The number of alkyl carbamates (subject to hydrolysis) is 1. The van der Waals surface area contributed by atoms with E-state index in [9.17, 15) is 13.2 Å². The maximum Gasteiger partial charge on any atom is 0.408 e. The van der Waals surface area contributed by atoms with E-state index in [1.807, 2.05) is 0 Å². The number of carbonyl (C=O) groups excluding carboxylic acids is 1. The van der Waals surface area contributed by atoms with Crippen molar-refractivity contribution in [2.75, 3.05) is 13.3 Å². The highest BCUT2D eigenvalue weighted by Gasteiger charge is 2.72. The molecule has 0 bridgehead atoms. The Kier molecular flexibility index (Phi) is 5.13. The summed E-state index contributed by atoms with van der Waals surface area (Å²) < 4.78 is 43.3. The van der Waals surface area contributed by atoms with Gasteiger partial charge in [0, 0.05) is 12.5 Å². The maximum absolute atomic E-state index is 13.5. The van der Waals surface area contributed by atoms with Gasteiger partial charge in [-0.1, -0.05) is 24.3 Å². The average molecular weight is 447 g/mol. The van der Waals surface area contributed by atoms with Crippen molar-refractivity contribution in [3.05, 3.63) is 54.1 Å². The number of benzene rings is 2. The fourth-order valence-electron chi connectivity index (χ4n) is 4.13. The van der Waals surface area contributed by atoms with Crippen LogP contribution in [0.25, 0.3) is 0 Å². The van der Waals surface area contributed by atoms with E-state index >= 15 is 0 Å². The van der Waals surface area contributed by atoms with Crippen LogP contribution in [0.1, 0.15) is 32.3 Å². The van der Waals surface area contributed by atoms with E-state index in [1.165, 1.54) is 0 Å². The Morgan fingerprint density at radius 3 is 2.48 bits per heavy atom. The SMILES string of the molecule is CC(C)(C)OC(=O)N[C@]1(CN)[C@@H](c2ccc3c(c2)OCO3)[C@@H]1S(=O)(=O)c1ccccc1. The van der Waals surface area contributed by atoms with Crippen LogP contribution in [0.4, 0.5) is 4.79 Å². The summed E-state index contributed by atoms with van der Waals surface area (Å²) in [6, 6.07) is 13.4. The molecule has 31 heavy (non-hydrogen) atoms. The number of ether oxygens (including phenoxy) is 3. The molecule has 1 aliphatic carbocycles. The molecule has 3 atom stereocenters. The van der Waals surface area contributed by atoms with Crippen molar-refractivity contribution < 1.29 is 27.4 Å². The monoisotopic (exact) mass is 446 g/mol. The number of fused-ring (bicyclic) bond motifs is 1. The van der Waals surface area contributed by atoms with Gasteiger partial charge in [-0.3, -0.25) is 0 Å². The summed E-state index contributed by atoms with van der Waals surface area (Å²) >= 11 is 0. The minimum Gasteiger partial charge on any atom is -0.454 e. The Morgan fingerprint density at radius 2 is 1.84 bits per heavy atom. The molecular weight excluding hydrogens is 420 g/mol. The van der Waals surface area contributed by atoms with Crippen molar-refractivity contribution in [3.63, 3.8) is 0 Å². The molecular formula is C22H26N2O6S. The van der Waals surface area contributed by atoms with Gasteiger partial charge in [0.2, 0.25) is 6.79 Å². The van der Waals surface area contributed by atoms with E-state index in [0.29, 0.717) is 17.1 Å². The van der Waals surface area contributed by atoms with Crippen LogP contribution >= 0.6 is 0 Å².